The summed E-state index contributed by atoms with van der Waals surface area (Å²) in [6.45, 7) is 8.83. The predicted molar refractivity (Wildman–Crippen MR) is 210 cm³/mol. The first-order valence-electron chi connectivity index (χ1n) is 19.2. The zero-order valence-corrected chi connectivity index (χ0v) is 32.3. The number of H-pyrrole nitrogens is 2. The van der Waals surface area contributed by atoms with Crippen LogP contribution in [0.5, 0.6) is 0 Å². The molecule has 0 spiro atoms. The summed E-state index contributed by atoms with van der Waals surface area (Å²) in [6, 6.07) is 14.5. The van der Waals surface area contributed by atoms with E-state index < -0.39 is 18.2 Å². The molecule has 4 amide bonds. The summed E-state index contributed by atoms with van der Waals surface area (Å²) in [4.78, 5) is 69.7. The van der Waals surface area contributed by atoms with Gasteiger partial charge in [-0.3, -0.25) is 14.4 Å². The Morgan fingerprint density at radius 3 is 1.86 bits per heavy atom. The molecule has 4 atom stereocenters. The number of nitrogens with one attached hydrogen (secondary N) is 4. The second kappa shape index (κ2) is 16.3. The van der Waals surface area contributed by atoms with Crippen LogP contribution in [0, 0.1) is 11.8 Å². The molecule has 0 bridgehead atoms. The van der Waals surface area contributed by atoms with Gasteiger partial charge >= 0.3 is 6.09 Å². The third kappa shape index (κ3) is 7.70. The van der Waals surface area contributed by atoms with Crippen molar-refractivity contribution < 1.29 is 23.9 Å². The third-order valence-electron chi connectivity index (χ3n) is 10.9. The summed E-state index contributed by atoms with van der Waals surface area (Å²) in [5.74, 6) is 1.01. The van der Waals surface area contributed by atoms with Gasteiger partial charge in [0, 0.05) is 24.2 Å². The summed E-state index contributed by atoms with van der Waals surface area (Å²) in [6.07, 6.45) is 6.73. The average Bonchev–Trinajstić information content (AvgIpc) is 4.05. The Labute approximate surface area is 325 Å². The smallest absolute Gasteiger partial charge is 0.407 e. The number of carbonyl (C=O) groups is 4. The van der Waals surface area contributed by atoms with Crippen LogP contribution >= 0.6 is 0 Å². The number of methoxy groups -OCH3 is 1. The van der Waals surface area contributed by atoms with E-state index in [0.717, 1.165) is 59.0 Å². The van der Waals surface area contributed by atoms with Gasteiger partial charge in [0.1, 0.15) is 29.4 Å². The lowest BCUT2D eigenvalue weighted by molar-refractivity contribution is -0.137. The van der Waals surface area contributed by atoms with Crippen molar-refractivity contribution in [3.05, 3.63) is 72.6 Å². The first-order chi connectivity index (χ1) is 27.1. The molecule has 56 heavy (non-hydrogen) atoms. The molecule has 2 fully saturated rings. The highest BCUT2D eigenvalue weighted by atomic mass is 16.5. The van der Waals surface area contributed by atoms with Gasteiger partial charge in [-0.2, -0.15) is 0 Å². The second-order valence-electron chi connectivity index (χ2n) is 15.2. The number of likely N-dealkylation sites (tertiary alicyclic amines) is 2. The summed E-state index contributed by atoms with van der Waals surface area (Å²) in [5, 5.41) is 16.5. The van der Waals surface area contributed by atoms with Gasteiger partial charge in [0.05, 0.1) is 48.7 Å². The van der Waals surface area contributed by atoms with Crippen LogP contribution in [-0.4, -0.2) is 96.5 Å². The molecule has 4 N–H and O–H groups in total. The van der Waals surface area contributed by atoms with Crippen LogP contribution in [0.3, 0.4) is 0 Å². The fraction of sp³-hybridized carbons (Fsp3) is 0.415. The molecule has 0 saturated carbocycles. The monoisotopic (exact) mass is 760 g/mol. The van der Waals surface area contributed by atoms with E-state index >= 15 is 0 Å². The fourth-order valence-electron chi connectivity index (χ4n) is 7.80. The zero-order chi connectivity index (χ0) is 39.5. The number of alkyl carbamates (subject to hydrolysis) is 1. The van der Waals surface area contributed by atoms with Crippen LogP contribution in [-0.2, 0) is 19.1 Å². The number of rotatable bonds is 12. The Morgan fingerprint density at radius 1 is 0.750 bits per heavy atom. The second-order valence-corrected chi connectivity index (χ2v) is 15.2. The molecule has 3 aromatic heterocycles. The third-order valence-corrected chi connectivity index (χ3v) is 10.9. The minimum atomic E-state index is -0.693. The number of carbonyl (C=O) groups excluding carboxylic acids is 4. The highest BCUT2D eigenvalue weighted by molar-refractivity contribution is 5.90. The van der Waals surface area contributed by atoms with Crippen molar-refractivity contribution in [2.45, 2.75) is 77.5 Å². The molecule has 0 unspecified atom stereocenters. The number of aromatic nitrogens is 6. The van der Waals surface area contributed by atoms with Crippen LogP contribution in [0.1, 0.15) is 77.1 Å². The van der Waals surface area contributed by atoms with Gasteiger partial charge in [0.25, 0.3) is 0 Å². The maximum atomic E-state index is 13.6. The van der Waals surface area contributed by atoms with E-state index in [1.807, 2.05) is 52.0 Å². The summed E-state index contributed by atoms with van der Waals surface area (Å²) >= 11 is 0. The van der Waals surface area contributed by atoms with E-state index in [0.29, 0.717) is 42.5 Å². The molecule has 2 aliphatic heterocycles. The lowest BCUT2D eigenvalue weighted by atomic mass is 10.0. The Morgan fingerprint density at radius 2 is 1.29 bits per heavy atom. The maximum absolute atomic E-state index is 13.6. The van der Waals surface area contributed by atoms with Gasteiger partial charge in [0.2, 0.25) is 18.2 Å². The fourth-order valence-corrected chi connectivity index (χ4v) is 7.80. The molecule has 292 valence electrons. The SMILES string of the molecule is COC(=O)N[C@H](C(=O)N1CCC[C@H]1c1ncc(-c2ccc3cc(-c4ccc(-c5cnc([C@@H]6CCCN6C(=O)[C@@H](NC=O)C(C)C)[nH]5)nn4)ccc3c2)[nH]1)C(C)C. The van der Waals surface area contributed by atoms with Gasteiger partial charge in [-0.05, 0) is 72.6 Å². The number of aromatic amines is 2. The van der Waals surface area contributed by atoms with Crippen molar-refractivity contribution >= 4 is 35.1 Å². The van der Waals surface area contributed by atoms with Crippen molar-refractivity contribution in [1.29, 1.82) is 0 Å². The molecule has 15 nitrogen and oxygen atoms in total. The molecular weight excluding hydrogens is 713 g/mol. The Kier molecular flexibility index (Phi) is 11.1. The Bertz CT molecular complexity index is 2210. The van der Waals surface area contributed by atoms with E-state index in [2.05, 4.69) is 65.0 Å². The molecule has 15 heteroatoms. The lowest BCUT2D eigenvalue weighted by Crippen LogP contribution is -2.51. The van der Waals surface area contributed by atoms with Crippen molar-refractivity contribution in [2.75, 3.05) is 20.2 Å². The Balaban J connectivity index is 1.03. The molecule has 0 radical (unpaired) electrons. The quantitative estimate of drug-likeness (QED) is 0.118. The van der Waals surface area contributed by atoms with Gasteiger partial charge in [-0.1, -0.05) is 52.0 Å². The molecule has 2 aliphatic rings. The minimum Gasteiger partial charge on any atom is -0.453 e. The summed E-state index contributed by atoms with van der Waals surface area (Å²) in [5.41, 5.74) is 4.82. The first kappa shape index (κ1) is 38.2. The highest BCUT2D eigenvalue weighted by Gasteiger charge is 2.38. The van der Waals surface area contributed by atoms with Crippen molar-refractivity contribution in [3.63, 3.8) is 0 Å². The van der Waals surface area contributed by atoms with Crippen molar-refractivity contribution in [1.82, 2.24) is 50.6 Å². The van der Waals surface area contributed by atoms with E-state index in [4.69, 9.17) is 4.74 Å². The topological polar surface area (TPSA) is 191 Å². The van der Waals surface area contributed by atoms with E-state index in [9.17, 15) is 19.2 Å². The largest absolute Gasteiger partial charge is 0.453 e. The number of fused-ring (bicyclic) bond motifs is 1. The average molecular weight is 761 g/mol. The van der Waals surface area contributed by atoms with Crippen LogP contribution in [0.2, 0.25) is 0 Å². The number of nitrogens with zero attached hydrogens (tertiary/aromatic N) is 6. The number of imidazole rings is 2. The zero-order valence-electron chi connectivity index (χ0n) is 32.3. The van der Waals surface area contributed by atoms with Crippen molar-refractivity contribution in [2.24, 2.45) is 11.8 Å². The summed E-state index contributed by atoms with van der Waals surface area (Å²) < 4.78 is 4.76. The highest BCUT2D eigenvalue weighted by Crippen LogP contribution is 2.35. The number of amides is 4. The van der Waals surface area contributed by atoms with Crippen LogP contribution < -0.4 is 10.6 Å². The van der Waals surface area contributed by atoms with E-state index in [1.165, 1.54) is 7.11 Å². The van der Waals surface area contributed by atoms with Crippen molar-refractivity contribution in [3.8, 4) is 33.9 Å². The van der Waals surface area contributed by atoms with Crippen LogP contribution in [0.15, 0.2) is 60.9 Å². The lowest BCUT2D eigenvalue weighted by Gasteiger charge is -2.30. The molecule has 2 aromatic carbocycles. The summed E-state index contributed by atoms with van der Waals surface area (Å²) in [7, 11) is 1.29. The van der Waals surface area contributed by atoms with Crippen LogP contribution in [0.4, 0.5) is 4.79 Å². The number of hydrogen-bond donors (Lipinski definition) is 4. The normalized spacial score (nSPS) is 18.1. The number of ether oxygens (including phenoxy) is 1. The van der Waals surface area contributed by atoms with E-state index in [-0.39, 0.29) is 35.7 Å². The standard InChI is InChI=1S/C41H48N10O5/c1-23(2)35(44-22-52)39(53)50-16-6-9-34(50)38-43-21-32(46-38)30-15-14-29(48-49-30)27-12-10-26-19-28(13-11-25(26)18-27)31-20-42-37(45-31)33-8-7-17-51(33)40(54)36(24(3)4)47-41(55)56-5/h10-15,18-24,33-36H,6-9,16-17H2,1-5H3,(H,42,45)(H,43,46)(H,44,52)(H,47,55)/t33-,34-,35-,36-/m0/s1. The molecular formula is C41H48N10O5. The van der Waals surface area contributed by atoms with Gasteiger partial charge < -0.3 is 35.1 Å². The van der Waals surface area contributed by atoms with Gasteiger partial charge in [-0.25, -0.2) is 14.8 Å². The van der Waals surface area contributed by atoms with Gasteiger partial charge in [0.15, 0.2) is 0 Å². The number of hydrogen-bond acceptors (Lipinski definition) is 9. The predicted octanol–water partition coefficient (Wildman–Crippen LogP) is 5.56. The molecule has 7 rings (SSSR count). The van der Waals surface area contributed by atoms with Gasteiger partial charge in [-0.15, -0.1) is 10.2 Å². The molecule has 0 aliphatic carbocycles. The molecule has 5 aromatic rings. The first-order valence-corrected chi connectivity index (χ1v) is 19.2. The molecule has 2 saturated heterocycles. The maximum Gasteiger partial charge on any atom is 0.407 e. The molecule has 5 heterocycles. The van der Waals surface area contributed by atoms with Crippen LogP contribution in [0.25, 0.3) is 44.7 Å². The Hall–Kier alpha value is -6.12. The minimum absolute atomic E-state index is 0.0379. The number of benzene rings is 2. The van der Waals surface area contributed by atoms with E-state index in [1.54, 1.807) is 22.2 Å².